The van der Waals surface area contributed by atoms with Crippen molar-refractivity contribution in [2.45, 2.75) is 52.0 Å². The quantitative estimate of drug-likeness (QED) is 0.232. The standard InChI is InChI=1S/C34H33NO5/c1-18(2)15-26(34(39)40-17-27(36)21-14-13-19(3)20(4)16-21)35-32(37)30-28-22-9-5-6-10-23(22)29(31(30)33(35)38)25-12-8-7-11-24(25)28/h5-14,16,18,26,28-31H,15,17H2,1-4H3/t26-,28?,29?,30-,31+/m1/s1. The van der Waals surface area contributed by atoms with Gasteiger partial charge in [-0.1, -0.05) is 74.5 Å². The minimum Gasteiger partial charge on any atom is -0.456 e. The van der Waals surface area contributed by atoms with Crippen molar-refractivity contribution in [1.82, 2.24) is 4.90 Å². The van der Waals surface area contributed by atoms with Crippen molar-refractivity contribution in [2.75, 3.05) is 6.61 Å². The van der Waals surface area contributed by atoms with E-state index in [-0.39, 0.29) is 41.8 Å². The molecule has 3 aromatic carbocycles. The number of carbonyl (C=O) groups excluding carboxylic acids is 4. The lowest BCUT2D eigenvalue weighted by Crippen LogP contribution is -2.47. The lowest BCUT2D eigenvalue weighted by Gasteiger charge is -2.45. The number of likely N-dealkylation sites (tertiary alicyclic amines) is 1. The van der Waals surface area contributed by atoms with Gasteiger partial charge in [0.15, 0.2) is 12.4 Å². The summed E-state index contributed by atoms with van der Waals surface area (Å²) in [5.41, 5.74) is 6.83. The minimum atomic E-state index is -1.08. The molecule has 204 valence electrons. The van der Waals surface area contributed by atoms with Gasteiger partial charge in [0.2, 0.25) is 11.8 Å². The van der Waals surface area contributed by atoms with Gasteiger partial charge in [-0.3, -0.25) is 19.3 Å². The fourth-order valence-corrected chi connectivity index (χ4v) is 6.99. The number of aryl methyl sites for hydroxylation is 2. The molecule has 1 heterocycles. The molecule has 1 fully saturated rings. The second-order valence-corrected chi connectivity index (χ2v) is 11.8. The molecule has 3 aliphatic carbocycles. The normalized spacial score (nSPS) is 23.1. The maximum absolute atomic E-state index is 14.1. The number of carbonyl (C=O) groups is 4. The van der Waals surface area contributed by atoms with Crippen LogP contribution in [0.15, 0.2) is 66.7 Å². The van der Waals surface area contributed by atoms with Gasteiger partial charge in [0.1, 0.15) is 6.04 Å². The Morgan fingerprint density at radius 3 is 1.73 bits per heavy atom. The van der Waals surface area contributed by atoms with Gasteiger partial charge in [-0.25, -0.2) is 4.79 Å². The molecule has 40 heavy (non-hydrogen) atoms. The fraction of sp³-hybridized carbons (Fsp3) is 0.353. The number of hydrogen-bond acceptors (Lipinski definition) is 5. The molecule has 0 N–H and O–H groups in total. The van der Waals surface area contributed by atoms with Crippen LogP contribution in [0.3, 0.4) is 0 Å². The number of hydrogen-bond donors (Lipinski definition) is 0. The number of nitrogens with zero attached hydrogens (tertiary/aromatic N) is 1. The van der Waals surface area contributed by atoms with Crippen molar-refractivity contribution >= 4 is 23.6 Å². The average Bonchev–Trinajstić information content (AvgIpc) is 3.21. The maximum Gasteiger partial charge on any atom is 0.329 e. The number of Topliss-reactive ketones (excluding diaryl/α,β-unsaturated/α-hetero) is 1. The number of benzene rings is 3. The smallest absolute Gasteiger partial charge is 0.329 e. The lowest BCUT2D eigenvalue weighted by atomic mass is 9.55. The molecule has 2 bridgehead atoms. The molecule has 0 aromatic heterocycles. The van der Waals surface area contributed by atoms with Gasteiger partial charge in [0, 0.05) is 17.4 Å². The van der Waals surface area contributed by atoms with Crippen LogP contribution in [0.25, 0.3) is 0 Å². The van der Waals surface area contributed by atoms with E-state index in [9.17, 15) is 19.2 Å². The summed E-state index contributed by atoms with van der Waals surface area (Å²) in [6, 6.07) is 20.4. The Bertz CT molecular complexity index is 1440. The largest absolute Gasteiger partial charge is 0.456 e. The van der Waals surface area contributed by atoms with Gasteiger partial charge >= 0.3 is 5.97 Å². The van der Waals surface area contributed by atoms with Crippen molar-refractivity contribution in [1.29, 1.82) is 0 Å². The second kappa shape index (κ2) is 9.84. The summed E-state index contributed by atoms with van der Waals surface area (Å²) in [4.78, 5) is 55.8. The second-order valence-electron chi connectivity index (χ2n) is 11.8. The number of rotatable bonds is 7. The number of ketones is 1. The van der Waals surface area contributed by atoms with Crippen molar-refractivity contribution in [3.05, 3.63) is 106 Å². The van der Waals surface area contributed by atoms with Crippen LogP contribution in [0, 0.1) is 31.6 Å². The first kappa shape index (κ1) is 26.2. The van der Waals surface area contributed by atoms with Crippen molar-refractivity contribution in [2.24, 2.45) is 17.8 Å². The zero-order chi connectivity index (χ0) is 28.3. The lowest BCUT2D eigenvalue weighted by molar-refractivity contribution is -0.158. The van der Waals surface area contributed by atoms with Crippen molar-refractivity contribution < 1.29 is 23.9 Å². The topological polar surface area (TPSA) is 80.8 Å². The van der Waals surface area contributed by atoms with Gasteiger partial charge in [0.05, 0.1) is 11.8 Å². The third-order valence-electron chi connectivity index (χ3n) is 8.94. The summed E-state index contributed by atoms with van der Waals surface area (Å²) in [6.07, 6.45) is 0.267. The Hall–Kier alpha value is -4.06. The predicted octanol–water partition coefficient (Wildman–Crippen LogP) is 5.34. The van der Waals surface area contributed by atoms with E-state index in [1.54, 1.807) is 12.1 Å². The molecule has 0 saturated carbocycles. The van der Waals surface area contributed by atoms with Crippen LogP contribution < -0.4 is 0 Å². The monoisotopic (exact) mass is 535 g/mol. The molecular weight excluding hydrogens is 502 g/mol. The number of amides is 2. The Morgan fingerprint density at radius 1 is 0.775 bits per heavy atom. The molecule has 2 amide bonds. The highest BCUT2D eigenvalue weighted by molar-refractivity contribution is 6.10. The Labute approximate surface area is 234 Å². The number of esters is 1. The first-order valence-electron chi connectivity index (χ1n) is 14.0. The van der Waals surface area contributed by atoms with Crippen molar-refractivity contribution in [3.8, 4) is 0 Å². The Balaban J connectivity index is 1.31. The molecular formula is C34H33NO5. The molecule has 0 spiro atoms. The number of ether oxygens (including phenoxy) is 1. The minimum absolute atomic E-state index is 0.0161. The highest BCUT2D eigenvalue weighted by atomic mass is 16.5. The highest BCUT2D eigenvalue weighted by Crippen LogP contribution is 2.61. The molecule has 4 aliphatic rings. The molecule has 1 saturated heterocycles. The average molecular weight is 536 g/mol. The Morgan fingerprint density at radius 2 is 1.27 bits per heavy atom. The molecule has 0 radical (unpaired) electrons. The van der Waals surface area contributed by atoms with E-state index in [2.05, 4.69) is 24.3 Å². The van der Waals surface area contributed by atoms with E-state index in [0.717, 1.165) is 33.4 Å². The Kier molecular flexibility index (Phi) is 6.44. The molecule has 0 unspecified atom stereocenters. The van der Waals surface area contributed by atoms with E-state index in [1.165, 1.54) is 4.90 Å². The van der Waals surface area contributed by atoms with Crippen LogP contribution in [0.5, 0.6) is 0 Å². The van der Waals surface area contributed by atoms with Crippen molar-refractivity contribution in [3.63, 3.8) is 0 Å². The van der Waals surface area contributed by atoms with E-state index in [1.807, 2.05) is 58.0 Å². The zero-order valence-corrected chi connectivity index (χ0v) is 23.2. The van der Waals surface area contributed by atoms with Gasteiger partial charge in [-0.15, -0.1) is 0 Å². The maximum atomic E-state index is 14.1. The third kappa shape index (κ3) is 4.00. The van der Waals surface area contributed by atoms with E-state index in [0.29, 0.717) is 5.56 Å². The van der Waals surface area contributed by atoms with Crippen LogP contribution in [-0.2, 0) is 19.1 Å². The first-order chi connectivity index (χ1) is 19.2. The van der Waals surface area contributed by atoms with Gasteiger partial charge in [-0.05, 0) is 65.6 Å². The SMILES string of the molecule is Cc1ccc(C(=O)COC(=O)[C@@H](CC(C)C)N2C(=O)[C@@H]3C4c5ccccc5C(c5ccccc54)[C@@H]3C2=O)cc1C. The summed E-state index contributed by atoms with van der Waals surface area (Å²) in [5.74, 6) is -3.29. The van der Waals surface area contributed by atoms with Crippen LogP contribution in [-0.4, -0.2) is 41.1 Å². The zero-order valence-electron chi connectivity index (χ0n) is 23.2. The number of imide groups is 1. The van der Waals surface area contributed by atoms with Gasteiger partial charge in [0.25, 0.3) is 0 Å². The molecule has 3 aromatic rings. The van der Waals surface area contributed by atoms with Crippen LogP contribution in [0.1, 0.15) is 75.8 Å². The van der Waals surface area contributed by atoms with Crippen LogP contribution in [0.2, 0.25) is 0 Å². The summed E-state index contributed by atoms with van der Waals surface area (Å²) >= 11 is 0. The first-order valence-corrected chi connectivity index (χ1v) is 14.0. The molecule has 1 aliphatic heterocycles. The fourth-order valence-electron chi connectivity index (χ4n) is 6.99. The predicted molar refractivity (Wildman–Crippen MR) is 150 cm³/mol. The molecule has 7 rings (SSSR count). The van der Waals surface area contributed by atoms with Crippen LogP contribution in [0.4, 0.5) is 0 Å². The van der Waals surface area contributed by atoms with E-state index < -0.39 is 30.5 Å². The van der Waals surface area contributed by atoms with E-state index in [4.69, 9.17) is 4.74 Å². The summed E-state index contributed by atoms with van der Waals surface area (Å²) in [5, 5.41) is 0. The third-order valence-corrected chi connectivity index (χ3v) is 8.94. The summed E-state index contributed by atoms with van der Waals surface area (Å²) in [7, 11) is 0. The highest BCUT2D eigenvalue weighted by Gasteiger charge is 2.63. The summed E-state index contributed by atoms with van der Waals surface area (Å²) < 4.78 is 5.51. The van der Waals surface area contributed by atoms with E-state index >= 15 is 0 Å². The van der Waals surface area contributed by atoms with Gasteiger partial charge < -0.3 is 4.74 Å². The van der Waals surface area contributed by atoms with Crippen LogP contribution >= 0.6 is 0 Å². The summed E-state index contributed by atoms with van der Waals surface area (Å²) in [6.45, 7) is 7.32. The molecule has 3 atom stereocenters. The molecule has 6 nitrogen and oxygen atoms in total. The van der Waals surface area contributed by atoms with Gasteiger partial charge in [-0.2, -0.15) is 0 Å². The molecule has 6 heteroatoms.